The second-order valence-electron chi connectivity index (χ2n) is 8.15. The van der Waals surface area contributed by atoms with Crippen LogP contribution in [0.1, 0.15) is 64.5 Å². The van der Waals surface area contributed by atoms with E-state index in [1.807, 2.05) is 12.1 Å². The van der Waals surface area contributed by atoms with Gasteiger partial charge < -0.3 is 14.2 Å². The van der Waals surface area contributed by atoms with Crippen molar-refractivity contribution in [2.75, 3.05) is 13.2 Å². The van der Waals surface area contributed by atoms with Crippen molar-refractivity contribution in [3.63, 3.8) is 0 Å². The number of ether oxygens (including phenoxy) is 3. The Morgan fingerprint density at radius 3 is 1.48 bits per heavy atom. The van der Waals surface area contributed by atoms with Gasteiger partial charge in [-0.25, -0.2) is 0 Å². The van der Waals surface area contributed by atoms with Crippen LogP contribution in [0.5, 0.6) is 11.5 Å². The van der Waals surface area contributed by atoms with Gasteiger partial charge in [-0.15, -0.1) is 0 Å². The van der Waals surface area contributed by atoms with E-state index in [4.69, 9.17) is 14.2 Å². The van der Waals surface area contributed by atoms with Crippen LogP contribution < -0.4 is 9.47 Å². The van der Waals surface area contributed by atoms with E-state index in [1.165, 1.54) is 11.1 Å². The summed E-state index contributed by atoms with van der Waals surface area (Å²) in [7, 11) is 0. The average Bonchev–Trinajstić information content (AvgIpc) is 2.66. The summed E-state index contributed by atoms with van der Waals surface area (Å²) in [5.41, 5.74) is 2.68. The molecule has 0 fully saturated rings. The van der Waals surface area contributed by atoms with Crippen LogP contribution >= 0.6 is 0 Å². The quantitative estimate of drug-likeness (QED) is 0.335. The van der Waals surface area contributed by atoms with Crippen molar-refractivity contribution in [1.29, 1.82) is 0 Å². The van der Waals surface area contributed by atoms with Crippen molar-refractivity contribution in [2.24, 2.45) is 0 Å². The number of aryl methyl sites for hydroxylation is 2. The van der Waals surface area contributed by atoms with Crippen molar-refractivity contribution in [3.8, 4) is 11.5 Å². The molecule has 0 unspecified atom stereocenters. The van der Waals surface area contributed by atoms with E-state index >= 15 is 0 Å². The summed E-state index contributed by atoms with van der Waals surface area (Å²) in [6.45, 7) is 9.93. The Balaban J connectivity index is 1.51. The van der Waals surface area contributed by atoms with Crippen molar-refractivity contribution in [1.82, 2.24) is 0 Å². The Hall–Kier alpha value is -2.00. The van der Waals surface area contributed by atoms with Gasteiger partial charge in [0.05, 0.1) is 12.2 Å². The maximum Gasteiger partial charge on any atom is 0.119 e. The molecule has 0 heterocycles. The molecule has 0 aliphatic rings. The smallest absolute Gasteiger partial charge is 0.119 e. The Labute approximate surface area is 177 Å². The molecular formula is C26H38O3. The Bertz CT molecular complexity index is 634. The van der Waals surface area contributed by atoms with Gasteiger partial charge in [-0.3, -0.25) is 0 Å². The molecule has 3 nitrogen and oxygen atoms in total. The summed E-state index contributed by atoms with van der Waals surface area (Å²) in [4.78, 5) is 0. The molecule has 0 aromatic heterocycles. The molecule has 2 rings (SSSR count). The predicted molar refractivity (Wildman–Crippen MR) is 121 cm³/mol. The molecule has 3 heteroatoms. The lowest BCUT2D eigenvalue weighted by molar-refractivity contribution is 0.127. The van der Waals surface area contributed by atoms with E-state index in [-0.39, 0.29) is 12.2 Å². The SMILES string of the molecule is CC(C)Oc1cccc(CCCCOCCCCc2cccc(OC(C)C)c2)c1. The summed E-state index contributed by atoms with van der Waals surface area (Å²) >= 11 is 0. The first kappa shape index (κ1) is 23.3. The fourth-order valence-corrected chi connectivity index (χ4v) is 3.26. The van der Waals surface area contributed by atoms with E-state index in [0.29, 0.717) is 0 Å². The molecule has 0 aliphatic carbocycles. The van der Waals surface area contributed by atoms with Crippen LogP contribution in [0.25, 0.3) is 0 Å². The third kappa shape index (κ3) is 10.4. The van der Waals surface area contributed by atoms with E-state index in [9.17, 15) is 0 Å². The lowest BCUT2D eigenvalue weighted by Crippen LogP contribution is -2.05. The Kier molecular flexibility index (Phi) is 10.6. The zero-order valence-electron chi connectivity index (χ0n) is 18.7. The minimum Gasteiger partial charge on any atom is -0.491 e. The maximum atomic E-state index is 5.81. The first-order valence-corrected chi connectivity index (χ1v) is 11.1. The molecule has 0 bridgehead atoms. The molecule has 0 saturated carbocycles. The zero-order chi connectivity index (χ0) is 20.9. The van der Waals surface area contributed by atoms with Crippen LogP contribution in [-0.2, 0) is 17.6 Å². The van der Waals surface area contributed by atoms with Crippen molar-refractivity contribution < 1.29 is 14.2 Å². The standard InChI is InChI=1S/C26H38O3/c1-21(2)28-25-15-9-13-23(19-25)11-5-7-17-27-18-8-6-12-24-14-10-16-26(20-24)29-22(3)4/h9-10,13-16,19-22H,5-8,11-12,17-18H2,1-4H3. The van der Waals surface area contributed by atoms with Gasteiger partial charge in [-0.05, 0) is 102 Å². The van der Waals surface area contributed by atoms with Crippen LogP contribution in [-0.4, -0.2) is 25.4 Å². The van der Waals surface area contributed by atoms with Gasteiger partial charge in [0.1, 0.15) is 11.5 Å². The zero-order valence-corrected chi connectivity index (χ0v) is 18.7. The van der Waals surface area contributed by atoms with Crippen molar-refractivity contribution in [3.05, 3.63) is 59.7 Å². The highest BCUT2D eigenvalue weighted by Gasteiger charge is 2.01. The van der Waals surface area contributed by atoms with E-state index in [1.54, 1.807) is 0 Å². The summed E-state index contributed by atoms with van der Waals surface area (Å²) in [5, 5.41) is 0. The second kappa shape index (κ2) is 13.3. The van der Waals surface area contributed by atoms with Crippen molar-refractivity contribution >= 4 is 0 Å². The van der Waals surface area contributed by atoms with Crippen LogP contribution in [0.15, 0.2) is 48.5 Å². The second-order valence-corrected chi connectivity index (χ2v) is 8.15. The molecule has 0 atom stereocenters. The third-order valence-corrected chi connectivity index (χ3v) is 4.55. The van der Waals surface area contributed by atoms with Gasteiger partial charge in [0.15, 0.2) is 0 Å². The Morgan fingerprint density at radius 1 is 0.621 bits per heavy atom. The lowest BCUT2D eigenvalue weighted by atomic mass is 10.1. The lowest BCUT2D eigenvalue weighted by Gasteiger charge is -2.11. The monoisotopic (exact) mass is 398 g/mol. The first-order valence-electron chi connectivity index (χ1n) is 11.1. The average molecular weight is 399 g/mol. The largest absolute Gasteiger partial charge is 0.491 e. The highest BCUT2D eigenvalue weighted by Crippen LogP contribution is 2.17. The summed E-state index contributed by atoms with van der Waals surface area (Å²) in [5.74, 6) is 1.94. The van der Waals surface area contributed by atoms with Gasteiger partial charge in [0, 0.05) is 13.2 Å². The Morgan fingerprint density at radius 2 is 1.07 bits per heavy atom. The number of hydrogen-bond acceptors (Lipinski definition) is 3. The summed E-state index contributed by atoms with van der Waals surface area (Å²) < 4.78 is 17.3. The minimum atomic E-state index is 0.218. The molecular weight excluding hydrogens is 360 g/mol. The molecule has 0 aliphatic heterocycles. The number of benzene rings is 2. The van der Waals surface area contributed by atoms with E-state index < -0.39 is 0 Å². The van der Waals surface area contributed by atoms with E-state index in [0.717, 1.165) is 63.2 Å². The van der Waals surface area contributed by atoms with Gasteiger partial charge in [0.2, 0.25) is 0 Å². The fourth-order valence-electron chi connectivity index (χ4n) is 3.26. The normalized spacial score (nSPS) is 11.2. The van der Waals surface area contributed by atoms with Crippen LogP contribution in [0.4, 0.5) is 0 Å². The van der Waals surface area contributed by atoms with Crippen LogP contribution in [0.2, 0.25) is 0 Å². The third-order valence-electron chi connectivity index (χ3n) is 4.55. The molecule has 0 amide bonds. The molecule has 160 valence electrons. The minimum absolute atomic E-state index is 0.218. The van der Waals surface area contributed by atoms with Gasteiger partial charge >= 0.3 is 0 Å². The maximum absolute atomic E-state index is 5.81. The van der Waals surface area contributed by atoms with Crippen LogP contribution in [0, 0.1) is 0 Å². The number of rotatable bonds is 14. The highest BCUT2D eigenvalue weighted by atomic mass is 16.5. The molecule has 0 N–H and O–H groups in total. The molecule has 0 spiro atoms. The highest BCUT2D eigenvalue weighted by molar-refractivity contribution is 5.29. The van der Waals surface area contributed by atoms with Crippen LogP contribution in [0.3, 0.4) is 0 Å². The van der Waals surface area contributed by atoms with Gasteiger partial charge in [-0.1, -0.05) is 24.3 Å². The fraction of sp³-hybridized carbons (Fsp3) is 0.538. The number of hydrogen-bond donors (Lipinski definition) is 0. The van der Waals surface area contributed by atoms with Gasteiger partial charge in [-0.2, -0.15) is 0 Å². The molecule has 0 radical (unpaired) electrons. The molecule has 0 saturated heterocycles. The topological polar surface area (TPSA) is 27.7 Å². The molecule has 29 heavy (non-hydrogen) atoms. The van der Waals surface area contributed by atoms with E-state index in [2.05, 4.69) is 64.1 Å². The summed E-state index contributed by atoms with van der Waals surface area (Å²) in [6, 6.07) is 16.9. The number of unbranched alkanes of at least 4 members (excludes halogenated alkanes) is 2. The predicted octanol–water partition coefficient (Wildman–Crippen LogP) is 6.62. The molecule has 2 aromatic rings. The van der Waals surface area contributed by atoms with Gasteiger partial charge in [0.25, 0.3) is 0 Å². The van der Waals surface area contributed by atoms with Crippen molar-refractivity contribution in [2.45, 2.75) is 78.4 Å². The summed E-state index contributed by atoms with van der Waals surface area (Å²) in [6.07, 6.45) is 7.09. The first-order chi connectivity index (χ1) is 14.0. The molecule has 2 aromatic carbocycles.